The first-order valence-electron chi connectivity index (χ1n) is 7.93. The van der Waals surface area contributed by atoms with Crippen molar-refractivity contribution >= 4 is 5.78 Å². The van der Waals surface area contributed by atoms with Crippen LogP contribution in [0.2, 0.25) is 0 Å². The van der Waals surface area contributed by atoms with Gasteiger partial charge in [0, 0.05) is 12.1 Å². The second-order valence-corrected chi connectivity index (χ2v) is 6.70. The third-order valence-corrected chi connectivity index (χ3v) is 4.53. The van der Waals surface area contributed by atoms with Gasteiger partial charge in [-0.15, -0.1) is 0 Å². The number of aryl methyl sites for hydroxylation is 2. The van der Waals surface area contributed by atoms with E-state index in [9.17, 15) is 4.79 Å². The van der Waals surface area contributed by atoms with Crippen LogP contribution in [0.15, 0.2) is 18.2 Å². The Balaban J connectivity index is 1.85. The molecular formula is C18H28N2O. The molecule has 1 aliphatic heterocycles. The molecule has 0 aliphatic carbocycles. The van der Waals surface area contributed by atoms with E-state index in [1.165, 1.54) is 30.5 Å². The Hall–Kier alpha value is -1.19. The van der Waals surface area contributed by atoms with Crippen molar-refractivity contribution in [1.82, 2.24) is 9.80 Å². The molecule has 0 spiro atoms. The van der Waals surface area contributed by atoms with E-state index in [-0.39, 0.29) is 5.78 Å². The van der Waals surface area contributed by atoms with Crippen molar-refractivity contribution in [2.45, 2.75) is 26.7 Å². The lowest BCUT2D eigenvalue weighted by Gasteiger charge is -2.32. The standard InChI is InChI=1S/C18H28N2O/c1-14-5-6-17(11-15(14)2)18(21)13-20-9-7-16(8-10-20)12-19(3)4/h5-6,11,16H,7-10,12-13H2,1-4H3. The maximum Gasteiger partial charge on any atom is 0.176 e. The minimum Gasteiger partial charge on any atom is -0.309 e. The smallest absolute Gasteiger partial charge is 0.176 e. The van der Waals surface area contributed by atoms with Crippen LogP contribution in [0, 0.1) is 19.8 Å². The number of Topliss-reactive ketones (excluding diaryl/α,β-unsaturated/α-hetero) is 1. The summed E-state index contributed by atoms with van der Waals surface area (Å²) in [7, 11) is 4.27. The number of likely N-dealkylation sites (tertiary alicyclic amines) is 1. The summed E-state index contributed by atoms with van der Waals surface area (Å²) < 4.78 is 0. The van der Waals surface area contributed by atoms with Gasteiger partial charge in [0.05, 0.1) is 6.54 Å². The summed E-state index contributed by atoms with van der Waals surface area (Å²) >= 11 is 0. The summed E-state index contributed by atoms with van der Waals surface area (Å²) in [6.07, 6.45) is 2.41. The van der Waals surface area contributed by atoms with Crippen molar-refractivity contribution in [3.05, 3.63) is 34.9 Å². The average molecular weight is 288 g/mol. The number of carbonyl (C=O) groups excluding carboxylic acids is 1. The van der Waals surface area contributed by atoms with Crippen LogP contribution >= 0.6 is 0 Å². The number of piperidine rings is 1. The fraction of sp³-hybridized carbons (Fsp3) is 0.611. The molecule has 3 heteroatoms. The van der Waals surface area contributed by atoms with E-state index in [1.54, 1.807) is 0 Å². The zero-order chi connectivity index (χ0) is 15.4. The summed E-state index contributed by atoms with van der Waals surface area (Å²) in [5.41, 5.74) is 3.30. The molecule has 0 saturated carbocycles. The lowest BCUT2D eigenvalue weighted by atomic mass is 9.96. The normalized spacial score (nSPS) is 17.4. The Morgan fingerprint density at radius 2 is 1.86 bits per heavy atom. The van der Waals surface area contributed by atoms with Crippen LogP contribution in [0.1, 0.15) is 34.3 Å². The summed E-state index contributed by atoms with van der Waals surface area (Å²) in [5.74, 6) is 1.04. The summed E-state index contributed by atoms with van der Waals surface area (Å²) in [5, 5.41) is 0. The highest BCUT2D eigenvalue weighted by Crippen LogP contribution is 2.18. The van der Waals surface area contributed by atoms with Gasteiger partial charge in [-0.05, 0) is 77.0 Å². The van der Waals surface area contributed by atoms with Gasteiger partial charge in [0.2, 0.25) is 0 Å². The molecule has 1 saturated heterocycles. The van der Waals surface area contributed by atoms with E-state index in [4.69, 9.17) is 0 Å². The van der Waals surface area contributed by atoms with E-state index in [1.807, 2.05) is 18.2 Å². The number of hydrogen-bond donors (Lipinski definition) is 0. The van der Waals surface area contributed by atoms with Gasteiger partial charge in [0.15, 0.2) is 5.78 Å². The molecule has 1 aromatic rings. The summed E-state index contributed by atoms with van der Waals surface area (Å²) in [4.78, 5) is 17.0. The Morgan fingerprint density at radius 3 is 2.43 bits per heavy atom. The van der Waals surface area contributed by atoms with Crippen molar-refractivity contribution in [2.75, 3.05) is 40.3 Å². The minimum absolute atomic E-state index is 0.254. The van der Waals surface area contributed by atoms with E-state index >= 15 is 0 Å². The second-order valence-electron chi connectivity index (χ2n) is 6.70. The predicted octanol–water partition coefficient (Wildman–Crippen LogP) is 2.76. The molecule has 116 valence electrons. The first-order chi connectivity index (χ1) is 9.95. The van der Waals surface area contributed by atoms with Crippen LogP contribution in [0.4, 0.5) is 0 Å². The second kappa shape index (κ2) is 7.19. The maximum atomic E-state index is 12.4. The van der Waals surface area contributed by atoms with Gasteiger partial charge in [-0.2, -0.15) is 0 Å². The molecule has 0 aromatic heterocycles. The van der Waals surface area contributed by atoms with Crippen LogP contribution in [-0.2, 0) is 0 Å². The quantitative estimate of drug-likeness (QED) is 0.778. The van der Waals surface area contributed by atoms with Crippen LogP contribution in [0.25, 0.3) is 0 Å². The first-order valence-corrected chi connectivity index (χ1v) is 7.93. The zero-order valence-electron chi connectivity index (χ0n) is 13.9. The SMILES string of the molecule is Cc1ccc(C(=O)CN2CCC(CN(C)C)CC2)cc1C. The molecule has 2 rings (SSSR count). The van der Waals surface area contributed by atoms with Crippen LogP contribution in [-0.4, -0.2) is 55.9 Å². The highest BCUT2D eigenvalue weighted by atomic mass is 16.1. The molecule has 0 atom stereocenters. The fourth-order valence-electron chi connectivity index (χ4n) is 3.05. The van der Waals surface area contributed by atoms with Crippen LogP contribution in [0.3, 0.4) is 0 Å². The molecule has 0 amide bonds. The summed E-state index contributed by atoms with van der Waals surface area (Å²) in [6.45, 7) is 7.98. The lowest BCUT2D eigenvalue weighted by molar-refractivity contribution is 0.0886. The molecule has 3 nitrogen and oxygen atoms in total. The molecular weight excluding hydrogens is 260 g/mol. The van der Waals surface area contributed by atoms with Gasteiger partial charge >= 0.3 is 0 Å². The maximum absolute atomic E-state index is 12.4. The van der Waals surface area contributed by atoms with E-state index in [2.05, 4.69) is 37.7 Å². The predicted molar refractivity (Wildman–Crippen MR) is 88.0 cm³/mol. The minimum atomic E-state index is 0.254. The highest BCUT2D eigenvalue weighted by molar-refractivity contribution is 5.97. The molecule has 21 heavy (non-hydrogen) atoms. The molecule has 1 fully saturated rings. The Bertz CT molecular complexity index is 488. The lowest BCUT2D eigenvalue weighted by Crippen LogP contribution is -2.39. The number of benzene rings is 1. The number of nitrogens with zero attached hydrogens (tertiary/aromatic N) is 2. The van der Waals surface area contributed by atoms with E-state index < -0.39 is 0 Å². The molecule has 1 aliphatic rings. The molecule has 0 N–H and O–H groups in total. The first kappa shape index (κ1) is 16.2. The Labute approximate surface area is 128 Å². The number of carbonyl (C=O) groups is 1. The molecule has 0 radical (unpaired) electrons. The topological polar surface area (TPSA) is 23.6 Å². The molecule has 1 heterocycles. The molecule has 0 unspecified atom stereocenters. The van der Waals surface area contributed by atoms with Crippen molar-refractivity contribution in [2.24, 2.45) is 5.92 Å². The van der Waals surface area contributed by atoms with Gasteiger partial charge in [0.25, 0.3) is 0 Å². The van der Waals surface area contributed by atoms with Crippen LogP contribution < -0.4 is 0 Å². The van der Waals surface area contributed by atoms with Gasteiger partial charge in [-0.3, -0.25) is 9.69 Å². The Morgan fingerprint density at radius 1 is 1.19 bits per heavy atom. The molecule has 1 aromatic carbocycles. The van der Waals surface area contributed by atoms with E-state index in [0.29, 0.717) is 6.54 Å². The zero-order valence-corrected chi connectivity index (χ0v) is 13.9. The largest absolute Gasteiger partial charge is 0.309 e. The number of ketones is 1. The van der Waals surface area contributed by atoms with Gasteiger partial charge in [-0.1, -0.05) is 12.1 Å². The average Bonchev–Trinajstić information content (AvgIpc) is 2.43. The van der Waals surface area contributed by atoms with Gasteiger partial charge in [-0.25, -0.2) is 0 Å². The monoisotopic (exact) mass is 288 g/mol. The van der Waals surface area contributed by atoms with Gasteiger partial charge in [0.1, 0.15) is 0 Å². The number of rotatable bonds is 5. The van der Waals surface area contributed by atoms with E-state index in [0.717, 1.165) is 24.6 Å². The number of hydrogen-bond acceptors (Lipinski definition) is 3. The van der Waals surface area contributed by atoms with Crippen molar-refractivity contribution in [1.29, 1.82) is 0 Å². The van der Waals surface area contributed by atoms with Crippen molar-refractivity contribution in [3.63, 3.8) is 0 Å². The highest BCUT2D eigenvalue weighted by Gasteiger charge is 2.21. The van der Waals surface area contributed by atoms with Crippen molar-refractivity contribution < 1.29 is 4.79 Å². The molecule has 0 bridgehead atoms. The summed E-state index contributed by atoms with van der Waals surface area (Å²) in [6, 6.07) is 6.03. The third-order valence-electron chi connectivity index (χ3n) is 4.53. The van der Waals surface area contributed by atoms with Crippen molar-refractivity contribution in [3.8, 4) is 0 Å². The van der Waals surface area contributed by atoms with Crippen LogP contribution in [0.5, 0.6) is 0 Å². The third kappa shape index (κ3) is 4.65. The Kier molecular flexibility index (Phi) is 5.54. The fourth-order valence-corrected chi connectivity index (χ4v) is 3.05. The van der Waals surface area contributed by atoms with Gasteiger partial charge < -0.3 is 4.90 Å².